The van der Waals surface area contributed by atoms with Gasteiger partial charge in [0.25, 0.3) is 0 Å². The third kappa shape index (κ3) is 9.88. The van der Waals surface area contributed by atoms with Crippen LogP contribution in [0.1, 0.15) is 12.8 Å². The van der Waals surface area contributed by atoms with Crippen LogP contribution in [0.3, 0.4) is 0 Å². The zero-order chi connectivity index (χ0) is 9.56. The van der Waals surface area contributed by atoms with E-state index in [0.717, 1.165) is 0 Å². The van der Waals surface area contributed by atoms with Gasteiger partial charge < -0.3 is 21.9 Å². The average molecular weight is 216 g/mol. The number of carboxylic acids is 1. The van der Waals surface area contributed by atoms with Gasteiger partial charge in [-0.2, -0.15) is 0 Å². The molecule has 0 rings (SSSR count). The molecule has 7 N–H and O–H groups in total. The van der Waals surface area contributed by atoms with E-state index in [2.05, 4.69) is 5.32 Å². The predicted molar refractivity (Wildman–Crippen MR) is 53.3 cm³/mol. The molecule has 1 atom stereocenters. The van der Waals surface area contributed by atoms with Gasteiger partial charge in [-0.05, 0) is 12.8 Å². The first-order valence-corrected chi connectivity index (χ1v) is 3.60. The fraction of sp³-hybridized carbons (Fsp3) is 0.667. The number of nitrogens with two attached hydrogens (primary N) is 2. The first kappa shape index (κ1) is 15.4. The predicted octanol–water partition coefficient (Wildman–Crippen LogP) is -2.25. The van der Waals surface area contributed by atoms with Crippen molar-refractivity contribution in [1.82, 2.24) is 5.32 Å². The third-order valence-electron chi connectivity index (χ3n) is 1.32. The van der Waals surface area contributed by atoms with Crippen LogP contribution in [-0.4, -0.2) is 67.4 Å². The van der Waals surface area contributed by atoms with Crippen LogP contribution in [0.15, 0.2) is 0 Å². The van der Waals surface area contributed by atoms with E-state index in [0.29, 0.717) is 19.4 Å². The number of hydrogen-bond donors (Lipinski definition) is 5. The molecule has 0 aromatic carbocycles. The van der Waals surface area contributed by atoms with Crippen molar-refractivity contribution in [2.24, 2.45) is 11.5 Å². The summed E-state index contributed by atoms with van der Waals surface area (Å²) in [5.41, 5.74) is 10.2. The van der Waals surface area contributed by atoms with Gasteiger partial charge in [0, 0.05) is 6.54 Å². The van der Waals surface area contributed by atoms with E-state index >= 15 is 0 Å². The van der Waals surface area contributed by atoms with Crippen LogP contribution in [0.4, 0.5) is 0 Å². The molecule has 0 saturated heterocycles. The molecule has 0 radical (unpaired) electrons. The molecule has 13 heavy (non-hydrogen) atoms. The van der Waals surface area contributed by atoms with E-state index < -0.39 is 12.0 Å². The molecule has 0 heterocycles. The molecular formula is C6H16CaN4O2. The molecular weight excluding hydrogens is 200 g/mol. The van der Waals surface area contributed by atoms with Crippen LogP contribution in [0.5, 0.6) is 0 Å². The van der Waals surface area contributed by atoms with Crippen LogP contribution in [0.2, 0.25) is 0 Å². The molecule has 0 saturated carbocycles. The monoisotopic (exact) mass is 216 g/mol. The van der Waals surface area contributed by atoms with Crippen LogP contribution >= 0.6 is 0 Å². The quantitative estimate of drug-likeness (QED) is 0.154. The van der Waals surface area contributed by atoms with E-state index in [1.165, 1.54) is 0 Å². The Balaban J connectivity index is 0. The van der Waals surface area contributed by atoms with Crippen molar-refractivity contribution in [2.75, 3.05) is 6.54 Å². The summed E-state index contributed by atoms with van der Waals surface area (Å²) >= 11 is 0. The van der Waals surface area contributed by atoms with E-state index in [4.69, 9.17) is 22.0 Å². The van der Waals surface area contributed by atoms with E-state index in [-0.39, 0.29) is 43.7 Å². The van der Waals surface area contributed by atoms with Crippen molar-refractivity contribution in [3.8, 4) is 0 Å². The molecule has 0 aliphatic heterocycles. The van der Waals surface area contributed by atoms with Crippen molar-refractivity contribution in [2.45, 2.75) is 18.9 Å². The maximum atomic E-state index is 10.2. The Morgan fingerprint density at radius 1 is 1.62 bits per heavy atom. The Morgan fingerprint density at radius 3 is 2.54 bits per heavy atom. The summed E-state index contributed by atoms with van der Waals surface area (Å²) in [5.74, 6) is -1.11. The first-order chi connectivity index (χ1) is 5.54. The number of rotatable bonds is 5. The van der Waals surface area contributed by atoms with Gasteiger partial charge in [0.15, 0.2) is 5.96 Å². The van der Waals surface area contributed by atoms with Crippen LogP contribution in [0, 0.1) is 5.41 Å². The standard InChI is InChI=1S/C6H14N4O2.Ca.2H/c7-4(5(11)12)2-1-3-10-6(8)9;;;/h4H,1-3,7H2,(H,11,12)(H4,8,9,10);;;. The summed E-state index contributed by atoms with van der Waals surface area (Å²) in [4.78, 5) is 10.2. The molecule has 1 unspecified atom stereocenters. The molecule has 0 aromatic heterocycles. The number of aliphatic carboxylic acids is 1. The van der Waals surface area contributed by atoms with Gasteiger partial charge in [0.2, 0.25) is 0 Å². The van der Waals surface area contributed by atoms with Crippen LogP contribution < -0.4 is 16.8 Å². The van der Waals surface area contributed by atoms with Gasteiger partial charge in [-0.15, -0.1) is 0 Å². The molecule has 0 fully saturated rings. The van der Waals surface area contributed by atoms with Crippen molar-refractivity contribution in [3.05, 3.63) is 0 Å². The molecule has 6 nitrogen and oxygen atoms in total. The number of carbonyl (C=O) groups is 1. The summed E-state index contributed by atoms with van der Waals surface area (Å²) in [6.45, 7) is 0.482. The molecule has 7 heteroatoms. The van der Waals surface area contributed by atoms with E-state index in [1.54, 1.807) is 0 Å². The van der Waals surface area contributed by atoms with Crippen molar-refractivity contribution >= 4 is 49.7 Å². The van der Waals surface area contributed by atoms with Crippen LogP contribution in [-0.2, 0) is 4.79 Å². The fourth-order valence-electron chi connectivity index (χ4n) is 0.669. The van der Waals surface area contributed by atoms with Crippen LogP contribution in [0.25, 0.3) is 0 Å². The Morgan fingerprint density at radius 2 is 2.15 bits per heavy atom. The van der Waals surface area contributed by atoms with E-state index in [1.807, 2.05) is 0 Å². The molecule has 74 valence electrons. The van der Waals surface area contributed by atoms with Crippen molar-refractivity contribution in [1.29, 1.82) is 5.41 Å². The van der Waals surface area contributed by atoms with Crippen molar-refractivity contribution in [3.63, 3.8) is 0 Å². The normalized spacial score (nSPS) is 11.2. The van der Waals surface area contributed by atoms with E-state index in [9.17, 15) is 4.79 Å². The SMILES string of the molecule is N=C(N)NCCCC(N)C(=O)O.[CaH2]. The summed E-state index contributed by atoms with van der Waals surface area (Å²) in [7, 11) is 0. The van der Waals surface area contributed by atoms with Gasteiger partial charge in [-0.25, -0.2) is 0 Å². The molecule has 0 aliphatic rings. The zero-order valence-electron chi connectivity index (χ0n) is 6.71. The Labute approximate surface area is 107 Å². The number of nitrogens with one attached hydrogen (secondary N) is 2. The number of hydrogen-bond acceptors (Lipinski definition) is 3. The number of guanidine groups is 1. The van der Waals surface area contributed by atoms with Gasteiger partial charge in [-0.1, -0.05) is 0 Å². The second-order valence-corrected chi connectivity index (χ2v) is 2.43. The molecule has 0 aromatic rings. The van der Waals surface area contributed by atoms with Crippen molar-refractivity contribution < 1.29 is 9.90 Å². The first-order valence-electron chi connectivity index (χ1n) is 3.60. The second kappa shape index (κ2) is 8.55. The zero-order valence-corrected chi connectivity index (χ0v) is 6.71. The minimum atomic E-state index is -1.00. The maximum absolute atomic E-state index is 10.2. The molecule has 0 spiro atoms. The second-order valence-electron chi connectivity index (χ2n) is 2.43. The average Bonchev–Trinajstić information content (AvgIpc) is 1.97. The fourth-order valence-corrected chi connectivity index (χ4v) is 0.669. The third-order valence-corrected chi connectivity index (χ3v) is 1.32. The minimum absolute atomic E-state index is 0. The summed E-state index contributed by atoms with van der Waals surface area (Å²) in [6.07, 6.45) is 0.975. The van der Waals surface area contributed by atoms with Gasteiger partial charge in [0.05, 0.1) is 0 Å². The van der Waals surface area contributed by atoms with Gasteiger partial charge >= 0.3 is 43.7 Å². The topological polar surface area (TPSA) is 125 Å². The number of carboxylic acid groups (broad SMARTS) is 1. The Kier molecular flexibility index (Phi) is 10.2. The molecule has 0 aliphatic carbocycles. The summed E-state index contributed by atoms with van der Waals surface area (Å²) in [6, 6.07) is -0.821. The Hall–Kier alpha value is -0.0403. The Bertz CT molecular complexity index is 176. The molecule has 0 amide bonds. The summed E-state index contributed by atoms with van der Waals surface area (Å²) in [5, 5.41) is 17.7. The molecule has 0 bridgehead atoms. The van der Waals surface area contributed by atoms with Gasteiger partial charge in [-0.3, -0.25) is 10.2 Å². The summed E-state index contributed by atoms with van der Waals surface area (Å²) < 4.78 is 0. The van der Waals surface area contributed by atoms with Gasteiger partial charge in [0.1, 0.15) is 6.04 Å².